The molecule has 0 atom stereocenters. The van der Waals surface area contributed by atoms with Crippen LogP contribution in [0.15, 0.2) is 24.3 Å². The molecule has 0 N–H and O–H groups in total. The molecule has 1 nitrogen and oxygen atoms in total. The first-order valence-electron chi connectivity index (χ1n) is 5.89. The van der Waals surface area contributed by atoms with E-state index in [1.807, 2.05) is 0 Å². The Kier molecular flexibility index (Phi) is 3.31. The van der Waals surface area contributed by atoms with E-state index in [0.717, 1.165) is 49.7 Å². The molecule has 1 heterocycles. The number of halogens is 3. The Labute approximate surface area is 99.2 Å². The van der Waals surface area contributed by atoms with Crippen molar-refractivity contribution in [1.29, 1.82) is 0 Å². The summed E-state index contributed by atoms with van der Waals surface area (Å²) in [7, 11) is 0. The minimum Gasteiger partial charge on any atom is -0.372 e. The molecule has 0 unspecified atom stereocenters. The zero-order valence-electron chi connectivity index (χ0n) is 9.80. The zero-order valence-corrected chi connectivity index (χ0v) is 9.80. The second-order valence-electron chi connectivity index (χ2n) is 4.71. The van der Waals surface area contributed by atoms with Gasteiger partial charge in [-0.25, -0.2) is 0 Å². The van der Waals surface area contributed by atoms with Gasteiger partial charge < -0.3 is 4.90 Å². The smallest absolute Gasteiger partial charge is 0.372 e. The summed E-state index contributed by atoms with van der Waals surface area (Å²) >= 11 is 0. The van der Waals surface area contributed by atoms with Gasteiger partial charge in [-0.1, -0.05) is 6.92 Å². The summed E-state index contributed by atoms with van der Waals surface area (Å²) in [5, 5.41) is 0. The summed E-state index contributed by atoms with van der Waals surface area (Å²) in [4.78, 5) is 2.15. The highest BCUT2D eigenvalue weighted by Gasteiger charge is 2.30. The lowest BCUT2D eigenvalue weighted by atomic mass is 9.99. The molecule has 1 aliphatic heterocycles. The first kappa shape index (κ1) is 12.3. The lowest BCUT2D eigenvalue weighted by Gasteiger charge is -2.32. The highest BCUT2D eigenvalue weighted by molar-refractivity contribution is 5.48. The van der Waals surface area contributed by atoms with Crippen LogP contribution in [0.25, 0.3) is 0 Å². The molecule has 1 aromatic carbocycles. The molecular formula is C13H16F3N. The average molecular weight is 243 g/mol. The molecular weight excluding hydrogens is 227 g/mol. The van der Waals surface area contributed by atoms with Crippen LogP contribution in [0.4, 0.5) is 18.9 Å². The lowest BCUT2D eigenvalue weighted by Crippen LogP contribution is -2.32. The number of hydrogen-bond donors (Lipinski definition) is 0. The lowest BCUT2D eigenvalue weighted by molar-refractivity contribution is -0.137. The van der Waals surface area contributed by atoms with Gasteiger partial charge in [0.05, 0.1) is 5.56 Å². The number of alkyl halides is 3. The Hall–Kier alpha value is -1.19. The number of rotatable bonds is 1. The molecule has 0 spiro atoms. The molecule has 1 fully saturated rings. The Bertz CT molecular complexity index is 361. The summed E-state index contributed by atoms with van der Waals surface area (Å²) in [5.41, 5.74) is 0.316. The van der Waals surface area contributed by atoms with Crippen LogP contribution in [0, 0.1) is 5.92 Å². The Morgan fingerprint density at radius 2 is 1.59 bits per heavy atom. The standard InChI is InChI=1S/C13H16F3N/c1-10-6-8-17(9-7-10)12-4-2-11(3-5-12)13(14,15)16/h2-5,10H,6-9H2,1H3. The monoisotopic (exact) mass is 243 g/mol. The molecule has 0 aliphatic carbocycles. The van der Waals surface area contributed by atoms with Crippen LogP contribution in [0.1, 0.15) is 25.3 Å². The van der Waals surface area contributed by atoms with Crippen LogP contribution in [0.5, 0.6) is 0 Å². The van der Waals surface area contributed by atoms with E-state index in [-0.39, 0.29) is 0 Å². The minimum atomic E-state index is -4.24. The van der Waals surface area contributed by atoms with Gasteiger partial charge in [-0.3, -0.25) is 0 Å². The molecule has 17 heavy (non-hydrogen) atoms. The zero-order chi connectivity index (χ0) is 12.5. The average Bonchev–Trinajstić information content (AvgIpc) is 2.29. The summed E-state index contributed by atoms with van der Waals surface area (Å²) in [6, 6.07) is 5.46. The van der Waals surface area contributed by atoms with E-state index < -0.39 is 11.7 Å². The summed E-state index contributed by atoms with van der Waals surface area (Å²) in [6.07, 6.45) is -2.02. The Balaban J connectivity index is 2.08. The topological polar surface area (TPSA) is 3.24 Å². The van der Waals surface area contributed by atoms with Gasteiger partial charge >= 0.3 is 6.18 Å². The maximum atomic E-state index is 12.4. The third-order valence-electron chi connectivity index (χ3n) is 3.34. The first-order chi connectivity index (χ1) is 7.97. The largest absolute Gasteiger partial charge is 0.416 e. The molecule has 0 radical (unpaired) electrons. The molecule has 0 bridgehead atoms. The van der Waals surface area contributed by atoms with Crippen molar-refractivity contribution >= 4 is 5.69 Å². The minimum absolute atomic E-state index is 0.577. The van der Waals surface area contributed by atoms with E-state index in [9.17, 15) is 13.2 Å². The number of benzene rings is 1. The second-order valence-corrected chi connectivity index (χ2v) is 4.71. The number of nitrogens with zero attached hydrogens (tertiary/aromatic N) is 1. The molecule has 0 amide bonds. The molecule has 0 saturated carbocycles. The van der Waals surface area contributed by atoms with Gasteiger partial charge in [-0.05, 0) is 43.0 Å². The van der Waals surface area contributed by atoms with Crippen molar-refractivity contribution in [2.75, 3.05) is 18.0 Å². The van der Waals surface area contributed by atoms with Gasteiger partial charge in [-0.2, -0.15) is 13.2 Å². The fourth-order valence-electron chi connectivity index (χ4n) is 2.13. The molecule has 2 rings (SSSR count). The van der Waals surface area contributed by atoms with Gasteiger partial charge in [0.1, 0.15) is 0 Å². The van der Waals surface area contributed by atoms with Crippen molar-refractivity contribution in [1.82, 2.24) is 0 Å². The first-order valence-corrected chi connectivity index (χ1v) is 5.89. The molecule has 1 aromatic rings. The van der Waals surface area contributed by atoms with Crippen molar-refractivity contribution < 1.29 is 13.2 Å². The van der Waals surface area contributed by atoms with Crippen LogP contribution < -0.4 is 4.90 Å². The van der Waals surface area contributed by atoms with Crippen molar-refractivity contribution in [3.05, 3.63) is 29.8 Å². The highest BCUT2D eigenvalue weighted by Crippen LogP contribution is 2.31. The Morgan fingerprint density at radius 1 is 1.06 bits per heavy atom. The van der Waals surface area contributed by atoms with Gasteiger partial charge in [0.25, 0.3) is 0 Å². The van der Waals surface area contributed by atoms with Crippen molar-refractivity contribution in [3.8, 4) is 0 Å². The van der Waals surface area contributed by atoms with Crippen LogP contribution in [0.2, 0.25) is 0 Å². The van der Waals surface area contributed by atoms with Crippen LogP contribution in [-0.4, -0.2) is 13.1 Å². The number of hydrogen-bond acceptors (Lipinski definition) is 1. The Morgan fingerprint density at radius 3 is 2.06 bits per heavy atom. The highest BCUT2D eigenvalue weighted by atomic mass is 19.4. The fourth-order valence-corrected chi connectivity index (χ4v) is 2.13. The van der Waals surface area contributed by atoms with Gasteiger partial charge in [-0.15, -0.1) is 0 Å². The van der Waals surface area contributed by atoms with E-state index in [4.69, 9.17) is 0 Å². The fraction of sp³-hybridized carbons (Fsp3) is 0.538. The van der Waals surface area contributed by atoms with Gasteiger partial charge in [0.15, 0.2) is 0 Å². The SMILES string of the molecule is CC1CCN(c2ccc(C(F)(F)F)cc2)CC1. The molecule has 1 saturated heterocycles. The normalized spacial score (nSPS) is 18.5. The third-order valence-corrected chi connectivity index (χ3v) is 3.34. The maximum absolute atomic E-state index is 12.4. The van der Waals surface area contributed by atoms with Crippen LogP contribution in [0.3, 0.4) is 0 Å². The summed E-state index contributed by atoms with van der Waals surface area (Å²) in [5.74, 6) is 0.723. The number of anilines is 1. The van der Waals surface area contributed by atoms with Crippen LogP contribution in [-0.2, 0) is 6.18 Å². The second kappa shape index (κ2) is 4.59. The summed E-state index contributed by atoms with van der Waals surface area (Å²) in [6.45, 7) is 4.09. The van der Waals surface area contributed by atoms with E-state index in [0.29, 0.717) is 0 Å². The molecule has 94 valence electrons. The van der Waals surface area contributed by atoms with E-state index in [1.165, 1.54) is 0 Å². The van der Waals surface area contributed by atoms with Crippen molar-refractivity contribution in [3.63, 3.8) is 0 Å². The van der Waals surface area contributed by atoms with Crippen LogP contribution >= 0.6 is 0 Å². The third kappa shape index (κ3) is 2.93. The van der Waals surface area contributed by atoms with E-state index in [1.54, 1.807) is 12.1 Å². The van der Waals surface area contributed by atoms with Gasteiger partial charge in [0, 0.05) is 18.8 Å². The van der Waals surface area contributed by atoms with E-state index >= 15 is 0 Å². The predicted octanol–water partition coefficient (Wildman–Crippen LogP) is 3.94. The molecule has 4 heteroatoms. The van der Waals surface area contributed by atoms with Crippen molar-refractivity contribution in [2.45, 2.75) is 25.9 Å². The number of piperidine rings is 1. The predicted molar refractivity (Wildman–Crippen MR) is 62.1 cm³/mol. The maximum Gasteiger partial charge on any atom is 0.416 e. The summed E-state index contributed by atoms with van der Waals surface area (Å²) < 4.78 is 37.2. The quantitative estimate of drug-likeness (QED) is 0.722. The van der Waals surface area contributed by atoms with Crippen molar-refractivity contribution in [2.24, 2.45) is 5.92 Å². The molecule has 1 aliphatic rings. The molecule has 0 aromatic heterocycles. The van der Waals surface area contributed by atoms with E-state index in [2.05, 4.69) is 11.8 Å². The van der Waals surface area contributed by atoms with Gasteiger partial charge in [0.2, 0.25) is 0 Å².